The number of carbonyl (C=O) groups excluding carboxylic acids is 1. The van der Waals surface area contributed by atoms with Crippen LogP contribution in [0, 0.1) is 0 Å². The molecule has 0 spiro atoms. The first-order valence-electron chi connectivity index (χ1n) is 8.42. The van der Waals surface area contributed by atoms with Crippen LogP contribution < -0.4 is 10.1 Å². The maximum Gasteiger partial charge on any atom is 0.234 e. The third-order valence-electron chi connectivity index (χ3n) is 4.36. The first-order valence-corrected chi connectivity index (χ1v) is 8.42. The molecule has 1 aliphatic rings. The van der Waals surface area contributed by atoms with Crippen molar-refractivity contribution in [1.29, 1.82) is 0 Å². The summed E-state index contributed by atoms with van der Waals surface area (Å²) in [5, 5.41) is 17.0. The highest BCUT2D eigenvalue weighted by Crippen LogP contribution is 2.18. The second-order valence-electron chi connectivity index (χ2n) is 6.26. The van der Waals surface area contributed by atoms with Gasteiger partial charge in [0, 0.05) is 25.2 Å². The Balaban J connectivity index is 1.53. The molecule has 3 rings (SSSR count). The topological polar surface area (TPSA) is 79.6 Å². The van der Waals surface area contributed by atoms with Crippen molar-refractivity contribution in [2.24, 2.45) is 0 Å². The molecule has 7 heteroatoms. The Morgan fingerprint density at radius 1 is 1.40 bits per heavy atom. The molecule has 2 heterocycles. The Kier molecular flexibility index (Phi) is 5.35. The number of amides is 1. The summed E-state index contributed by atoms with van der Waals surface area (Å²) in [5.74, 6) is 0.755. The molecule has 25 heavy (non-hydrogen) atoms. The average molecular weight is 344 g/mol. The first kappa shape index (κ1) is 17.4. The van der Waals surface area contributed by atoms with Gasteiger partial charge in [0.25, 0.3) is 0 Å². The second kappa shape index (κ2) is 7.67. The molecule has 0 fully saturated rings. The number of hydrogen-bond donors (Lipinski definition) is 2. The van der Waals surface area contributed by atoms with Crippen LogP contribution in [0.4, 0.5) is 0 Å². The monoisotopic (exact) mass is 344 g/mol. The Morgan fingerprint density at radius 3 is 2.96 bits per heavy atom. The number of rotatable bonds is 6. The fraction of sp³-hybridized carbons (Fsp3) is 0.444. The third kappa shape index (κ3) is 4.18. The molecule has 1 atom stereocenters. The minimum absolute atomic E-state index is 0.0189. The summed E-state index contributed by atoms with van der Waals surface area (Å²) in [7, 11) is 1.62. The van der Waals surface area contributed by atoms with Crippen LogP contribution in [0.1, 0.15) is 30.0 Å². The van der Waals surface area contributed by atoms with E-state index in [4.69, 9.17) is 4.74 Å². The normalized spacial score (nSPS) is 15.5. The van der Waals surface area contributed by atoms with Gasteiger partial charge in [0.05, 0.1) is 37.7 Å². The third-order valence-corrected chi connectivity index (χ3v) is 4.36. The van der Waals surface area contributed by atoms with Crippen molar-refractivity contribution in [2.75, 3.05) is 20.2 Å². The predicted octanol–water partition coefficient (Wildman–Crippen LogP) is 1.08. The molecular formula is C18H24N4O3. The summed E-state index contributed by atoms with van der Waals surface area (Å²) in [5.41, 5.74) is 2.66. The number of hydrogen-bond acceptors (Lipinski definition) is 5. The molecule has 0 saturated heterocycles. The van der Waals surface area contributed by atoms with Crippen LogP contribution in [-0.2, 0) is 24.4 Å². The van der Waals surface area contributed by atoms with Crippen molar-refractivity contribution in [3.8, 4) is 5.75 Å². The van der Waals surface area contributed by atoms with Crippen molar-refractivity contribution >= 4 is 5.91 Å². The Morgan fingerprint density at radius 2 is 2.20 bits per heavy atom. The zero-order valence-corrected chi connectivity index (χ0v) is 14.6. The van der Waals surface area contributed by atoms with Crippen LogP contribution in [0.25, 0.3) is 0 Å². The van der Waals surface area contributed by atoms with Gasteiger partial charge in [0.2, 0.25) is 5.91 Å². The summed E-state index contributed by atoms with van der Waals surface area (Å²) in [4.78, 5) is 14.3. The van der Waals surface area contributed by atoms with Gasteiger partial charge in [-0.3, -0.25) is 14.4 Å². The molecule has 0 unspecified atom stereocenters. The zero-order chi connectivity index (χ0) is 17.8. The van der Waals surface area contributed by atoms with Gasteiger partial charge >= 0.3 is 0 Å². The number of nitrogens with zero attached hydrogens (tertiary/aromatic N) is 3. The van der Waals surface area contributed by atoms with Gasteiger partial charge in [-0.2, -0.15) is 5.10 Å². The molecule has 2 aromatic rings. The lowest BCUT2D eigenvalue weighted by molar-refractivity contribution is -0.122. The smallest absolute Gasteiger partial charge is 0.234 e. The number of aromatic nitrogens is 2. The largest absolute Gasteiger partial charge is 0.496 e. The number of fused-ring (bicyclic) bond motifs is 1. The molecule has 0 aliphatic carbocycles. The standard InChI is InChI=1S/C18H24N4O3/c1-13(23)16-9-15-11-21(7-8-22(15)20-16)12-18(24)19-10-14-5-3-4-6-17(14)25-2/h3-6,9,13,23H,7-8,10-12H2,1-2H3,(H,19,24)/t13-/m0/s1. The number of benzene rings is 1. The maximum absolute atomic E-state index is 12.3. The van der Waals surface area contributed by atoms with E-state index < -0.39 is 6.10 Å². The summed E-state index contributed by atoms with van der Waals surface area (Å²) in [6.07, 6.45) is -0.573. The van der Waals surface area contributed by atoms with E-state index in [9.17, 15) is 9.90 Å². The fourth-order valence-electron chi connectivity index (χ4n) is 2.98. The van der Waals surface area contributed by atoms with E-state index in [1.165, 1.54) is 0 Å². The lowest BCUT2D eigenvalue weighted by Gasteiger charge is -2.26. The molecule has 0 bridgehead atoms. The van der Waals surface area contributed by atoms with E-state index in [2.05, 4.69) is 15.3 Å². The number of nitrogens with one attached hydrogen (secondary N) is 1. The minimum Gasteiger partial charge on any atom is -0.496 e. The molecule has 0 saturated carbocycles. The molecule has 1 aromatic heterocycles. The van der Waals surface area contributed by atoms with Crippen molar-refractivity contribution in [3.63, 3.8) is 0 Å². The number of aliphatic hydroxyl groups is 1. The van der Waals surface area contributed by atoms with Gasteiger partial charge in [-0.15, -0.1) is 0 Å². The van der Waals surface area contributed by atoms with E-state index in [0.717, 1.165) is 30.1 Å². The number of aliphatic hydroxyl groups excluding tert-OH is 1. The maximum atomic E-state index is 12.3. The highest BCUT2D eigenvalue weighted by Gasteiger charge is 2.21. The molecule has 1 amide bonds. The molecule has 134 valence electrons. The number of para-hydroxylation sites is 1. The number of carbonyl (C=O) groups is 1. The van der Waals surface area contributed by atoms with E-state index in [-0.39, 0.29) is 5.91 Å². The molecule has 2 N–H and O–H groups in total. The summed E-state index contributed by atoms with van der Waals surface area (Å²) in [6.45, 7) is 4.63. The second-order valence-corrected chi connectivity index (χ2v) is 6.26. The summed E-state index contributed by atoms with van der Waals surface area (Å²) in [6, 6.07) is 9.56. The molecular weight excluding hydrogens is 320 g/mol. The van der Waals surface area contributed by atoms with Crippen LogP contribution in [0.5, 0.6) is 5.75 Å². The highest BCUT2D eigenvalue weighted by molar-refractivity contribution is 5.78. The van der Waals surface area contributed by atoms with Crippen LogP contribution >= 0.6 is 0 Å². The molecule has 1 aromatic carbocycles. The first-order chi connectivity index (χ1) is 12.1. The minimum atomic E-state index is -0.573. The van der Waals surface area contributed by atoms with Gasteiger partial charge in [-0.05, 0) is 19.1 Å². The molecule has 7 nitrogen and oxygen atoms in total. The van der Waals surface area contributed by atoms with Gasteiger partial charge in [-0.25, -0.2) is 0 Å². The molecule has 1 aliphatic heterocycles. The Labute approximate surface area is 147 Å². The average Bonchev–Trinajstić information content (AvgIpc) is 3.04. The van der Waals surface area contributed by atoms with E-state index >= 15 is 0 Å². The van der Waals surface area contributed by atoms with Gasteiger partial charge in [-0.1, -0.05) is 18.2 Å². The van der Waals surface area contributed by atoms with Crippen LogP contribution in [-0.4, -0.2) is 45.9 Å². The van der Waals surface area contributed by atoms with Gasteiger partial charge in [0.1, 0.15) is 5.75 Å². The summed E-state index contributed by atoms with van der Waals surface area (Å²) >= 11 is 0. The van der Waals surface area contributed by atoms with E-state index in [1.807, 2.05) is 35.0 Å². The fourth-order valence-corrected chi connectivity index (χ4v) is 2.98. The van der Waals surface area contributed by atoms with Crippen molar-refractivity contribution in [2.45, 2.75) is 32.7 Å². The van der Waals surface area contributed by atoms with Crippen LogP contribution in [0.2, 0.25) is 0 Å². The van der Waals surface area contributed by atoms with Crippen molar-refractivity contribution in [1.82, 2.24) is 20.0 Å². The Bertz CT molecular complexity index is 742. The SMILES string of the molecule is COc1ccccc1CNC(=O)CN1CCn2nc([C@H](C)O)cc2C1. The number of ether oxygens (including phenoxy) is 1. The number of methoxy groups -OCH3 is 1. The highest BCUT2D eigenvalue weighted by atomic mass is 16.5. The van der Waals surface area contributed by atoms with Crippen molar-refractivity contribution < 1.29 is 14.6 Å². The van der Waals surface area contributed by atoms with Gasteiger partial charge in [0.15, 0.2) is 0 Å². The van der Waals surface area contributed by atoms with Crippen LogP contribution in [0.3, 0.4) is 0 Å². The van der Waals surface area contributed by atoms with Crippen molar-refractivity contribution in [3.05, 3.63) is 47.3 Å². The van der Waals surface area contributed by atoms with Crippen LogP contribution in [0.15, 0.2) is 30.3 Å². The predicted molar refractivity (Wildman–Crippen MR) is 93.0 cm³/mol. The Hall–Kier alpha value is -2.38. The van der Waals surface area contributed by atoms with E-state index in [1.54, 1.807) is 14.0 Å². The quantitative estimate of drug-likeness (QED) is 0.820. The zero-order valence-electron chi connectivity index (χ0n) is 14.6. The van der Waals surface area contributed by atoms with Gasteiger partial charge < -0.3 is 15.2 Å². The lowest BCUT2D eigenvalue weighted by atomic mass is 10.2. The summed E-state index contributed by atoms with van der Waals surface area (Å²) < 4.78 is 7.20. The van der Waals surface area contributed by atoms with E-state index in [0.29, 0.717) is 25.3 Å². The molecule has 0 radical (unpaired) electrons. The lowest BCUT2D eigenvalue weighted by Crippen LogP contribution is -2.41.